The van der Waals surface area contributed by atoms with Crippen molar-refractivity contribution >= 4 is 40.3 Å². The summed E-state index contributed by atoms with van der Waals surface area (Å²) in [5, 5.41) is 67.6. The maximum Gasteiger partial charge on any atom is 0.312 e. The van der Waals surface area contributed by atoms with Gasteiger partial charge in [0.25, 0.3) is 11.7 Å². The number of Topliss-reactive ketones (excluding diaryl/α,β-unsaturated/α-hetero) is 1. The lowest BCUT2D eigenvalue weighted by Crippen LogP contribution is -2.46. The lowest BCUT2D eigenvalue weighted by Gasteiger charge is -2.38. The Bertz CT molecular complexity index is 2480. The van der Waals surface area contributed by atoms with Gasteiger partial charge in [-0.25, -0.2) is 0 Å². The zero-order valence-electron chi connectivity index (χ0n) is 39.8. The van der Waals surface area contributed by atoms with Gasteiger partial charge in [0, 0.05) is 93.9 Å². The summed E-state index contributed by atoms with van der Waals surface area (Å²) in [5.41, 5.74) is 0.674. The fourth-order valence-electron chi connectivity index (χ4n) is 9.05. The molecule has 9 atom stereocenters. The predicted octanol–water partition coefficient (Wildman–Crippen LogP) is 5.91. The second-order valence-electron chi connectivity index (χ2n) is 17.9. The van der Waals surface area contributed by atoms with Crippen molar-refractivity contribution in [2.75, 3.05) is 45.7 Å². The Labute approximate surface area is 390 Å². The van der Waals surface area contributed by atoms with Crippen LogP contribution in [0.1, 0.15) is 75.5 Å². The number of hydrazone groups is 1. The minimum atomic E-state index is -2.07. The van der Waals surface area contributed by atoms with Crippen LogP contribution in [0.15, 0.2) is 65.5 Å². The van der Waals surface area contributed by atoms with E-state index in [9.17, 15) is 39.9 Å². The van der Waals surface area contributed by atoms with Crippen LogP contribution in [0, 0.1) is 30.6 Å². The third-order valence-electron chi connectivity index (χ3n) is 13.3. The van der Waals surface area contributed by atoms with Gasteiger partial charge in [-0.15, -0.1) is 0 Å². The van der Waals surface area contributed by atoms with Gasteiger partial charge in [0.1, 0.15) is 29.1 Å². The van der Waals surface area contributed by atoms with Crippen molar-refractivity contribution in [3.05, 3.63) is 82.7 Å². The van der Waals surface area contributed by atoms with E-state index >= 15 is 0 Å². The molecule has 0 radical (unpaired) electrons. The SMILES string of the molecule is COc1cccc(CN2CCN(/N=C\c3c4c(O)c5c(O)c(C)c6c(c5c3O)C(=O)[C@@](C)(O/C=C/[C@H](OC)[C@@H](C)[C@@H](OC(C)=O)[C@H](C)[C@@H](O)[C@H](C)[C@@H](O)[C@H](C)/C=C/C=C(/C)C(=O)N4)O6)CC2)c1. The number of benzene rings is 3. The number of esters is 1. The number of rotatable bonds is 7. The highest BCUT2D eigenvalue weighted by molar-refractivity contribution is 6.23. The number of piperazine rings is 1. The number of fused-ring (bicyclic) bond motifs is 14. The average molecular weight is 929 g/mol. The molecule has 1 fully saturated rings. The molecule has 1 saturated heterocycles. The number of carbonyl (C=O) groups is 3. The number of hydrogen-bond acceptors (Lipinski definition) is 16. The van der Waals surface area contributed by atoms with E-state index in [1.807, 2.05) is 24.3 Å². The van der Waals surface area contributed by atoms with E-state index in [1.165, 1.54) is 59.4 Å². The molecule has 1 amide bonds. The normalized spacial score (nSPS) is 29.6. The van der Waals surface area contributed by atoms with Crippen LogP contribution in [0.4, 0.5) is 5.69 Å². The molecule has 17 nitrogen and oxygen atoms in total. The van der Waals surface area contributed by atoms with Crippen LogP contribution >= 0.6 is 0 Å². The summed E-state index contributed by atoms with van der Waals surface area (Å²) in [6.45, 7) is 15.5. The molecular formula is C50H64N4O13. The summed E-state index contributed by atoms with van der Waals surface area (Å²) in [4.78, 5) is 43.2. The highest BCUT2D eigenvalue weighted by Crippen LogP contribution is 2.55. The number of phenolic OH excluding ortho intramolecular Hbond substituents is 3. The van der Waals surface area contributed by atoms with E-state index in [0.29, 0.717) is 32.7 Å². The molecule has 0 unspecified atom stereocenters. The number of nitrogens with zero attached hydrogens (tertiary/aromatic N) is 3. The van der Waals surface area contributed by atoms with Gasteiger partial charge >= 0.3 is 11.8 Å². The Hall–Kier alpha value is -6.14. The van der Waals surface area contributed by atoms with Gasteiger partial charge in [0.2, 0.25) is 0 Å². The average Bonchev–Trinajstić information content (AvgIpc) is 3.57. The van der Waals surface area contributed by atoms with Crippen LogP contribution < -0.4 is 14.8 Å². The Kier molecular flexibility index (Phi) is 15.6. The molecule has 3 aromatic carbocycles. The molecule has 67 heavy (non-hydrogen) atoms. The van der Waals surface area contributed by atoms with Gasteiger partial charge in [0.05, 0.1) is 60.1 Å². The summed E-state index contributed by atoms with van der Waals surface area (Å²) in [6, 6.07) is 7.85. The number of phenols is 3. The Morgan fingerprint density at radius 1 is 0.940 bits per heavy atom. The number of aromatic hydroxyl groups is 3. The van der Waals surface area contributed by atoms with Crippen molar-refractivity contribution in [3.8, 4) is 28.7 Å². The van der Waals surface area contributed by atoms with Crippen molar-refractivity contribution in [2.45, 2.75) is 92.1 Å². The molecule has 0 aliphatic carbocycles. The number of methoxy groups -OCH3 is 2. The number of amides is 1. The third kappa shape index (κ3) is 10.4. The third-order valence-corrected chi connectivity index (χ3v) is 13.3. The minimum Gasteiger partial charge on any atom is -0.507 e. The number of aliphatic hydroxyl groups excluding tert-OH is 2. The van der Waals surface area contributed by atoms with Crippen molar-refractivity contribution in [3.63, 3.8) is 0 Å². The molecule has 7 rings (SSSR count). The number of ether oxygens (including phenoxy) is 5. The maximum absolute atomic E-state index is 14.6. The maximum atomic E-state index is 14.6. The van der Waals surface area contributed by atoms with Crippen LogP contribution in [-0.4, -0.2) is 130 Å². The number of carbonyl (C=O) groups excluding carboxylic acids is 3. The lowest BCUT2D eigenvalue weighted by molar-refractivity contribution is -0.160. The molecular weight excluding hydrogens is 865 g/mol. The molecule has 0 spiro atoms. The highest BCUT2D eigenvalue weighted by atomic mass is 16.7. The van der Waals surface area contributed by atoms with Crippen LogP contribution in [0.5, 0.6) is 28.7 Å². The molecule has 4 heterocycles. The van der Waals surface area contributed by atoms with Crippen molar-refractivity contribution < 1.29 is 63.6 Å². The van der Waals surface area contributed by atoms with Gasteiger partial charge < -0.3 is 54.5 Å². The quantitative estimate of drug-likeness (QED) is 0.0700. The first-order valence-corrected chi connectivity index (χ1v) is 22.4. The Morgan fingerprint density at radius 3 is 2.30 bits per heavy atom. The summed E-state index contributed by atoms with van der Waals surface area (Å²) in [5.74, 6) is -7.73. The van der Waals surface area contributed by atoms with E-state index in [1.54, 1.807) is 52.0 Å². The van der Waals surface area contributed by atoms with Gasteiger partial charge in [-0.2, -0.15) is 5.10 Å². The lowest BCUT2D eigenvalue weighted by atomic mass is 9.78. The molecule has 3 aromatic rings. The number of hydrogen-bond donors (Lipinski definition) is 6. The summed E-state index contributed by atoms with van der Waals surface area (Å²) >= 11 is 0. The first kappa shape index (κ1) is 50.3. The molecule has 4 aliphatic rings. The van der Waals surface area contributed by atoms with Gasteiger partial charge in [0.15, 0.2) is 5.75 Å². The fourth-order valence-corrected chi connectivity index (χ4v) is 9.05. The second-order valence-corrected chi connectivity index (χ2v) is 17.9. The molecule has 17 heteroatoms. The van der Waals surface area contributed by atoms with E-state index < -0.39 is 88.8 Å². The van der Waals surface area contributed by atoms with E-state index in [4.69, 9.17) is 23.7 Å². The highest BCUT2D eigenvalue weighted by Gasteiger charge is 2.50. The second kappa shape index (κ2) is 20.8. The first-order valence-electron chi connectivity index (χ1n) is 22.4. The molecule has 6 N–H and O–H groups in total. The first-order chi connectivity index (χ1) is 31.7. The van der Waals surface area contributed by atoms with E-state index in [0.717, 1.165) is 11.3 Å². The molecule has 5 bridgehead atoms. The van der Waals surface area contributed by atoms with Crippen molar-refractivity contribution in [1.82, 2.24) is 9.91 Å². The molecule has 0 aromatic heterocycles. The fraction of sp³-hybridized carbons (Fsp3) is 0.480. The van der Waals surface area contributed by atoms with E-state index in [2.05, 4.69) is 15.3 Å². The Balaban J connectivity index is 1.44. The number of nitrogens with one attached hydrogen (secondary N) is 1. The summed E-state index contributed by atoms with van der Waals surface area (Å²) in [7, 11) is 3.06. The monoisotopic (exact) mass is 928 g/mol. The smallest absolute Gasteiger partial charge is 0.312 e. The number of allylic oxidation sites excluding steroid dienone is 2. The minimum absolute atomic E-state index is 0.0461. The molecule has 4 aliphatic heterocycles. The number of anilines is 1. The predicted molar refractivity (Wildman–Crippen MR) is 251 cm³/mol. The van der Waals surface area contributed by atoms with Gasteiger partial charge in [-0.05, 0) is 37.6 Å². The van der Waals surface area contributed by atoms with Crippen LogP contribution in [0.3, 0.4) is 0 Å². The van der Waals surface area contributed by atoms with Crippen LogP contribution in [0.2, 0.25) is 0 Å². The zero-order chi connectivity index (χ0) is 49.1. The van der Waals surface area contributed by atoms with Crippen LogP contribution in [0.25, 0.3) is 10.8 Å². The number of aliphatic hydroxyl groups is 2. The summed E-state index contributed by atoms with van der Waals surface area (Å²) < 4.78 is 29.1. The molecule has 0 saturated carbocycles. The standard InChI is InChI=1S/C50H64N4O13/c1-26-13-11-14-27(2)49(62)52-40-35(24-51-54-20-18-53(19-21-54)25-33-15-12-16-34(23-33)63-9)44(59)37-38(45(40)60)43(58)31(6)47-39(37)48(61)50(8,67-47)65-22-17-36(64-10)28(3)46(66-32(7)55)30(5)42(57)29(4)41(26)56/h11-17,22-24,26,28-30,36,41-42,46,56-60H,18-21,25H2,1-10H3,(H,52,62)/b13-11+,22-17+,27-14-,51-24-/t26-,28-,29-,30-,36+,41+,42+,46-,50+/m1/s1. The largest absolute Gasteiger partial charge is 0.507 e. The Morgan fingerprint density at radius 2 is 1.64 bits per heavy atom. The van der Waals surface area contributed by atoms with E-state index in [-0.39, 0.29) is 44.5 Å². The zero-order valence-corrected chi connectivity index (χ0v) is 39.8. The van der Waals surface area contributed by atoms with Crippen LogP contribution in [-0.2, 0) is 30.3 Å². The molecule has 362 valence electrons. The van der Waals surface area contributed by atoms with Crippen molar-refractivity contribution in [1.29, 1.82) is 0 Å². The summed E-state index contributed by atoms with van der Waals surface area (Å²) in [6.07, 6.45) is 4.82. The van der Waals surface area contributed by atoms with Gasteiger partial charge in [-0.3, -0.25) is 24.3 Å². The van der Waals surface area contributed by atoms with Crippen molar-refractivity contribution in [2.24, 2.45) is 28.8 Å². The van der Waals surface area contributed by atoms with Gasteiger partial charge in [-0.1, -0.05) is 58.1 Å². The number of ketones is 1. The topological polar surface area (TPSA) is 229 Å².